The highest BCUT2D eigenvalue weighted by molar-refractivity contribution is 6.25. The van der Waals surface area contributed by atoms with Crippen molar-refractivity contribution in [3.8, 4) is 5.75 Å². The maximum absolute atomic E-state index is 14.5. The van der Waals surface area contributed by atoms with E-state index in [9.17, 15) is 9.59 Å². The maximum atomic E-state index is 14.5. The molecular weight excluding hydrogens is 484 g/mol. The molecule has 5 nitrogen and oxygen atoms in total. The van der Waals surface area contributed by atoms with Crippen LogP contribution >= 0.6 is 0 Å². The molecule has 2 bridgehead atoms. The lowest BCUT2D eigenvalue weighted by Crippen LogP contribution is -2.54. The van der Waals surface area contributed by atoms with Crippen molar-refractivity contribution in [1.29, 1.82) is 0 Å². The van der Waals surface area contributed by atoms with Crippen LogP contribution in [0, 0.1) is 18.8 Å². The van der Waals surface area contributed by atoms with Gasteiger partial charge < -0.3 is 4.74 Å². The molecule has 0 aromatic heterocycles. The first-order chi connectivity index (χ1) is 19.1. The minimum absolute atomic E-state index is 0.156. The molecule has 5 heteroatoms. The second-order valence-corrected chi connectivity index (χ2v) is 10.5. The van der Waals surface area contributed by atoms with E-state index in [1.807, 2.05) is 80.7 Å². The van der Waals surface area contributed by atoms with Crippen molar-refractivity contribution in [2.45, 2.75) is 25.2 Å². The van der Waals surface area contributed by atoms with Crippen LogP contribution in [0.15, 0.2) is 102 Å². The quantitative estimate of drug-likeness (QED) is 0.231. The molecule has 0 radical (unpaired) electrons. The van der Waals surface area contributed by atoms with E-state index in [0.29, 0.717) is 18.0 Å². The zero-order valence-electron chi connectivity index (χ0n) is 21.9. The van der Waals surface area contributed by atoms with Crippen LogP contribution in [0.1, 0.15) is 40.7 Å². The summed E-state index contributed by atoms with van der Waals surface area (Å²) in [6, 6.07) is 31.7. The third-order valence-corrected chi connectivity index (χ3v) is 8.61. The van der Waals surface area contributed by atoms with Crippen LogP contribution in [-0.2, 0) is 15.0 Å². The molecule has 4 aromatic carbocycles. The van der Waals surface area contributed by atoms with Gasteiger partial charge in [0.1, 0.15) is 5.75 Å². The predicted molar refractivity (Wildman–Crippen MR) is 152 cm³/mol. The Kier molecular flexibility index (Phi) is 5.31. The van der Waals surface area contributed by atoms with Gasteiger partial charge in [-0.3, -0.25) is 14.6 Å². The smallest absolute Gasteiger partial charge is 0.239 e. The Bertz CT molecular complexity index is 1610. The number of rotatable bonds is 5. The molecule has 8 rings (SSSR count). The fourth-order valence-electron chi connectivity index (χ4n) is 7.04. The van der Waals surface area contributed by atoms with Crippen molar-refractivity contribution in [3.63, 3.8) is 0 Å². The van der Waals surface area contributed by atoms with E-state index in [1.54, 1.807) is 12.1 Å². The Morgan fingerprint density at radius 1 is 0.821 bits per heavy atom. The van der Waals surface area contributed by atoms with Crippen LogP contribution in [-0.4, -0.2) is 24.6 Å². The maximum Gasteiger partial charge on any atom is 0.239 e. The van der Waals surface area contributed by atoms with Crippen LogP contribution in [0.25, 0.3) is 0 Å². The van der Waals surface area contributed by atoms with Crippen LogP contribution in [0.3, 0.4) is 0 Å². The minimum Gasteiger partial charge on any atom is -0.494 e. The van der Waals surface area contributed by atoms with Crippen LogP contribution in [0.5, 0.6) is 5.75 Å². The minimum atomic E-state index is -0.873. The largest absolute Gasteiger partial charge is 0.494 e. The summed E-state index contributed by atoms with van der Waals surface area (Å²) in [5.41, 5.74) is 5.92. The van der Waals surface area contributed by atoms with Crippen molar-refractivity contribution in [3.05, 3.63) is 125 Å². The monoisotopic (exact) mass is 512 g/mol. The van der Waals surface area contributed by atoms with Gasteiger partial charge in [-0.15, -0.1) is 0 Å². The van der Waals surface area contributed by atoms with Crippen molar-refractivity contribution in [2.24, 2.45) is 16.8 Å². The highest BCUT2D eigenvalue weighted by atomic mass is 16.5. The van der Waals surface area contributed by atoms with Gasteiger partial charge in [-0.1, -0.05) is 66.7 Å². The number of amides is 2. The lowest BCUT2D eigenvalue weighted by molar-refractivity contribution is -0.122. The predicted octanol–water partition coefficient (Wildman–Crippen LogP) is 6.35. The Morgan fingerprint density at radius 3 is 2.08 bits per heavy atom. The number of carbonyl (C=O) groups excluding carboxylic acids is 2. The standard InChI is InChI=1S/C34H28N2O3/c1-3-39-23-18-16-22(17-19-23)36-32(37)30-29-24-11-5-7-13-26(24)34(31(30)33(36)38,27-14-8-6-12-25(27)29)20-35-28-15-9-4-10-21(28)2/h4-20,29-31H,3H2,1-2H3. The summed E-state index contributed by atoms with van der Waals surface area (Å²) in [5.74, 6) is -0.938. The van der Waals surface area contributed by atoms with Crippen LogP contribution in [0.2, 0.25) is 0 Å². The fourth-order valence-corrected chi connectivity index (χ4v) is 7.04. The van der Waals surface area contributed by atoms with Gasteiger partial charge in [0.15, 0.2) is 0 Å². The van der Waals surface area contributed by atoms with Crippen molar-refractivity contribution >= 4 is 29.4 Å². The van der Waals surface area contributed by atoms with Gasteiger partial charge in [0.2, 0.25) is 11.8 Å². The number of benzene rings is 4. The summed E-state index contributed by atoms with van der Waals surface area (Å²) in [7, 11) is 0. The summed E-state index contributed by atoms with van der Waals surface area (Å²) in [5, 5.41) is 0. The number of imide groups is 1. The summed E-state index contributed by atoms with van der Waals surface area (Å²) in [4.78, 5) is 35.2. The Balaban J connectivity index is 1.46. The second kappa shape index (κ2) is 8.77. The van der Waals surface area contributed by atoms with Gasteiger partial charge in [0.25, 0.3) is 0 Å². The first kappa shape index (κ1) is 23.6. The Morgan fingerprint density at radius 2 is 1.44 bits per heavy atom. The molecule has 2 amide bonds. The number of aliphatic imine (C=N–C) groups is 1. The van der Waals surface area contributed by atoms with E-state index in [0.717, 1.165) is 33.5 Å². The van der Waals surface area contributed by atoms with Crippen LogP contribution in [0.4, 0.5) is 11.4 Å². The van der Waals surface area contributed by atoms with Crippen LogP contribution < -0.4 is 9.64 Å². The molecule has 1 fully saturated rings. The van der Waals surface area contributed by atoms with E-state index >= 15 is 0 Å². The number of hydrogen-bond acceptors (Lipinski definition) is 4. The molecule has 4 aliphatic rings. The number of nitrogens with zero attached hydrogens (tertiary/aromatic N) is 2. The molecule has 192 valence electrons. The highest BCUT2D eigenvalue weighted by Gasteiger charge is 2.67. The first-order valence-electron chi connectivity index (χ1n) is 13.5. The number of anilines is 1. The average Bonchev–Trinajstić information content (AvgIpc) is 3.24. The van der Waals surface area contributed by atoms with Gasteiger partial charge in [-0.25, -0.2) is 4.90 Å². The van der Waals surface area contributed by atoms with Gasteiger partial charge in [-0.05, 0) is 72.0 Å². The lowest BCUT2D eigenvalue weighted by atomic mass is 9.47. The van der Waals surface area contributed by atoms with Gasteiger partial charge >= 0.3 is 0 Å². The molecule has 39 heavy (non-hydrogen) atoms. The zero-order chi connectivity index (χ0) is 26.7. The van der Waals surface area contributed by atoms with Crippen molar-refractivity contribution in [2.75, 3.05) is 11.5 Å². The third kappa shape index (κ3) is 3.22. The molecule has 0 spiro atoms. The molecular formula is C34H28N2O3. The topological polar surface area (TPSA) is 59.0 Å². The first-order valence-corrected chi connectivity index (χ1v) is 13.5. The molecule has 0 saturated carbocycles. The average molecular weight is 513 g/mol. The number of aryl methyl sites for hydroxylation is 1. The van der Waals surface area contributed by atoms with E-state index in [2.05, 4.69) is 24.3 Å². The molecule has 1 heterocycles. The highest BCUT2D eigenvalue weighted by Crippen LogP contribution is 2.63. The molecule has 0 N–H and O–H groups in total. The third-order valence-electron chi connectivity index (χ3n) is 8.61. The second-order valence-electron chi connectivity index (χ2n) is 10.5. The Labute approximate surface area is 227 Å². The number of carbonyl (C=O) groups is 2. The number of para-hydroxylation sites is 1. The molecule has 1 saturated heterocycles. The molecule has 4 aromatic rings. The van der Waals surface area contributed by atoms with E-state index < -0.39 is 17.3 Å². The van der Waals surface area contributed by atoms with Gasteiger partial charge in [0, 0.05) is 12.1 Å². The van der Waals surface area contributed by atoms with E-state index in [4.69, 9.17) is 9.73 Å². The Hall–Kier alpha value is -4.51. The number of ether oxygens (including phenoxy) is 1. The van der Waals surface area contributed by atoms with Crippen molar-refractivity contribution < 1.29 is 14.3 Å². The SMILES string of the molecule is CCOc1ccc(N2C(=O)C3C4c5ccccc5C(C=Nc5ccccc5C)(c5ccccc54)C3C2=O)cc1. The molecule has 2 unspecified atom stereocenters. The van der Waals surface area contributed by atoms with E-state index in [1.165, 1.54) is 4.90 Å². The lowest BCUT2D eigenvalue weighted by Gasteiger charge is -2.52. The summed E-state index contributed by atoms with van der Waals surface area (Å²) >= 11 is 0. The number of hydrogen-bond donors (Lipinski definition) is 0. The fraction of sp³-hybridized carbons (Fsp3) is 0.206. The van der Waals surface area contributed by atoms with Gasteiger partial charge in [-0.2, -0.15) is 0 Å². The van der Waals surface area contributed by atoms with E-state index in [-0.39, 0.29) is 17.7 Å². The molecule has 1 aliphatic heterocycles. The van der Waals surface area contributed by atoms with Gasteiger partial charge in [0.05, 0.1) is 35.2 Å². The summed E-state index contributed by atoms with van der Waals surface area (Å²) < 4.78 is 5.59. The molecule has 3 aliphatic carbocycles. The normalized spacial score (nSPS) is 24.6. The summed E-state index contributed by atoms with van der Waals surface area (Å²) in [6.45, 7) is 4.51. The summed E-state index contributed by atoms with van der Waals surface area (Å²) in [6.07, 6.45) is 1.95. The molecule has 2 atom stereocenters. The van der Waals surface area contributed by atoms with Crippen molar-refractivity contribution in [1.82, 2.24) is 0 Å². The zero-order valence-corrected chi connectivity index (χ0v) is 21.9.